The number of rotatable bonds is 0. The maximum atomic E-state index is 12.1. The van der Waals surface area contributed by atoms with Crippen molar-refractivity contribution < 1.29 is 17.9 Å². The lowest BCUT2D eigenvalue weighted by Gasteiger charge is -2.12. The average Bonchev–Trinajstić information content (AvgIpc) is 1.88. The summed E-state index contributed by atoms with van der Waals surface area (Å²) in [6, 6.07) is 1.55. The number of nitrogens with zero attached hydrogens (tertiary/aromatic N) is 1. The van der Waals surface area contributed by atoms with Crippen LogP contribution in [0.2, 0.25) is 0 Å². The number of hydrogen-bond acceptors (Lipinski definition) is 5. The molecule has 0 aromatic heterocycles. The summed E-state index contributed by atoms with van der Waals surface area (Å²) in [4.78, 5) is 0. The van der Waals surface area contributed by atoms with E-state index in [0.29, 0.717) is 6.26 Å². The molecule has 5 nitrogen and oxygen atoms in total. The first-order valence-electron chi connectivity index (χ1n) is 2.17. The van der Waals surface area contributed by atoms with E-state index < -0.39 is 7.91 Å². The van der Waals surface area contributed by atoms with Gasteiger partial charge in [-0.15, -0.1) is 4.20 Å². The van der Waals surface area contributed by atoms with Gasteiger partial charge in [0.1, 0.15) is 12.3 Å². The molecule has 0 fully saturated rings. The zero-order chi connectivity index (χ0) is 7.61. The van der Waals surface area contributed by atoms with Gasteiger partial charge in [0, 0.05) is 0 Å². The minimum Gasteiger partial charge on any atom is -0.405 e. The number of nitrogens with one attached hydrogen (secondary N) is 1. The van der Waals surface area contributed by atoms with Gasteiger partial charge in [0.2, 0.25) is 0 Å². The molecule has 1 aliphatic heterocycles. The highest BCUT2D eigenvalue weighted by Gasteiger charge is 2.29. The van der Waals surface area contributed by atoms with E-state index in [4.69, 9.17) is 5.26 Å². The summed E-state index contributed by atoms with van der Waals surface area (Å²) in [6.07, 6.45) is 0.699. The largest absolute Gasteiger partial charge is 0.591 e. The van der Waals surface area contributed by atoms with Crippen molar-refractivity contribution in [2.45, 2.75) is 0 Å². The van der Waals surface area contributed by atoms with Crippen molar-refractivity contribution in [3.05, 3.63) is 12.0 Å². The third-order valence-electron chi connectivity index (χ3n) is 0.682. The standard InChI is InChI=1S/C3H2FN2O3P/c4-10(7)8-2-3(1-5)6-9-10/h2,6H. The molecule has 0 amide bonds. The first-order chi connectivity index (χ1) is 4.64. The fraction of sp³-hybridized carbons (Fsp3) is 0. The van der Waals surface area contributed by atoms with Crippen LogP contribution in [0, 0.1) is 11.3 Å². The van der Waals surface area contributed by atoms with Crippen LogP contribution in [0.5, 0.6) is 0 Å². The third kappa shape index (κ3) is 1.47. The minimum atomic E-state index is -4.48. The molecule has 0 saturated heterocycles. The number of halogens is 1. The van der Waals surface area contributed by atoms with E-state index in [-0.39, 0.29) is 5.70 Å². The molecule has 0 radical (unpaired) electrons. The molecule has 0 bridgehead atoms. The molecule has 1 aliphatic rings. The monoisotopic (exact) mass is 164 g/mol. The topological polar surface area (TPSA) is 71.3 Å². The summed E-state index contributed by atoms with van der Waals surface area (Å²) in [5, 5.41) is 8.11. The predicted molar refractivity (Wildman–Crippen MR) is 27.7 cm³/mol. The predicted octanol–water partition coefficient (Wildman–Crippen LogP) is 0.980. The number of allylic oxidation sites excluding steroid dienone is 1. The average molecular weight is 164 g/mol. The van der Waals surface area contributed by atoms with Crippen molar-refractivity contribution in [3.8, 4) is 6.07 Å². The fourth-order valence-corrected chi connectivity index (χ4v) is 0.796. The van der Waals surface area contributed by atoms with Crippen molar-refractivity contribution in [1.29, 1.82) is 5.26 Å². The molecule has 0 saturated carbocycles. The van der Waals surface area contributed by atoms with E-state index in [0.717, 1.165) is 0 Å². The second kappa shape index (κ2) is 2.29. The van der Waals surface area contributed by atoms with Gasteiger partial charge in [-0.3, -0.25) is 0 Å². The Labute approximate surface area is 55.6 Å². The van der Waals surface area contributed by atoms with Crippen LogP contribution in [0.15, 0.2) is 12.0 Å². The molecular weight excluding hydrogens is 162 g/mol. The highest BCUT2D eigenvalue weighted by atomic mass is 31.2. The van der Waals surface area contributed by atoms with Crippen molar-refractivity contribution >= 4 is 7.91 Å². The van der Waals surface area contributed by atoms with Crippen LogP contribution >= 0.6 is 7.91 Å². The third-order valence-corrected chi connectivity index (χ3v) is 1.35. The molecule has 1 unspecified atom stereocenters. The van der Waals surface area contributed by atoms with Crippen LogP contribution in [0.25, 0.3) is 0 Å². The van der Waals surface area contributed by atoms with E-state index in [2.05, 4.69) is 9.15 Å². The maximum absolute atomic E-state index is 12.1. The number of nitriles is 1. The van der Waals surface area contributed by atoms with Gasteiger partial charge in [-0.2, -0.15) is 9.89 Å². The van der Waals surface area contributed by atoms with Gasteiger partial charge in [0.25, 0.3) is 0 Å². The van der Waals surface area contributed by atoms with Gasteiger partial charge in [0.15, 0.2) is 5.70 Å². The smallest absolute Gasteiger partial charge is 0.405 e. The van der Waals surface area contributed by atoms with Crippen LogP contribution < -0.4 is 5.48 Å². The van der Waals surface area contributed by atoms with E-state index in [1.807, 2.05) is 0 Å². The number of hydroxylamine groups is 1. The Morgan fingerprint density at radius 3 is 3.00 bits per heavy atom. The Balaban J connectivity index is 2.72. The summed E-state index contributed by atoms with van der Waals surface area (Å²) in [7, 11) is -4.48. The minimum absolute atomic E-state index is 0.135. The van der Waals surface area contributed by atoms with E-state index >= 15 is 0 Å². The molecule has 0 aliphatic carbocycles. The van der Waals surface area contributed by atoms with Crippen LogP contribution in [0.4, 0.5) is 4.20 Å². The molecular formula is C3H2FN2O3P. The van der Waals surface area contributed by atoms with Crippen LogP contribution in [0.3, 0.4) is 0 Å². The molecule has 1 atom stereocenters. The Kier molecular flexibility index (Phi) is 1.62. The maximum Gasteiger partial charge on any atom is 0.591 e. The Morgan fingerprint density at radius 1 is 1.90 bits per heavy atom. The second-order valence-corrected chi connectivity index (χ2v) is 2.63. The van der Waals surface area contributed by atoms with E-state index in [1.54, 1.807) is 11.5 Å². The molecule has 1 N–H and O–H groups in total. The Hall–Kier alpha value is -1.05. The van der Waals surface area contributed by atoms with Gasteiger partial charge < -0.3 is 4.52 Å². The molecule has 7 heteroatoms. The van der Waals surface area contributed by atoms with Gasteiger partial charge in [-0.05, 0) is 0 Å². The Bertz CT molecular complexity index is 257. The van der Waals surface area contributed by atoms with E-state index in [9.17, 15) is 8.76 Å². The molecule has 10 heavy (non-hydrogen) atoms. The van der Waals surface area contributed by atoms with Crippen LogP contribution in [0.1, 0.15) is 0 Å². The van der Waals surface area contributed by atoms with Gasteiger partial charge >= 0.3 is 7.91 Å². The lowest BCUT2D eigenvalue weighted by Crippen LogP contribution is -2.14. The first-order valence-corrected chi connectivity index (χ1v) is 3.60. The summed E-state index contributed by atoms with van der Waals surface area (Å²) < 4.78 is 29.9. The highest BCUT2D eigenvalue weighted by Crippen LogP contribution is 2.50. The molecule has 0 aromatic carbocycles. The van der Waals surface area contributed by atoms with Gasteiger partial charge in [-0.25, -0.2) is 10.0 Å². The van der Waals surface area contributed by atoms with Crippen molar-refractivity contribution in [2.24, 2.45) is 0 Å². The summed E-state index contributed by atoms with van der Waals surface area (Å²) in [6.45, 7) is 0. The quantitative estimate of drug-likeness (QED) is 0.540. The van der Waals surface area contributed by atoms with Crippen LogP contribution in [-0.4, -0.2) is 0 Å². The highest BCUT2D eigenvalue weighted by molar-refractivity contribution is 7.48. The van der Waals surface area contributed by atoms with Gasteiger partial charge in [0.05, 0.1) is 0 Å². The van der Waals surface area contributed by atoms with Crippen molar-refractivity contribution in [3.63, 3.8) is 0 Å². The Morgan fingerprint density at radius 2 is 2.60 bits per heavy atom. The second-order valence-electron chi connectivity index (χ2n) is 1.37. The molecule has 1 heterocycles. The summed E-state index contributed by atoms with van der Waals surface area (Å²) in [5.74, 6) is 0. The SMILES string of the molecule is N#CC1=COP(=O)(F)ON1. The molecule has 0 spiro atoms. The molecule has 54 valence electrons. The van der Waals surface area contributed by atoms with Crippen molar-refractivity contribution in [1.82, 2.24) is 5.48 Å². The first kappa shape index (κ1) is 7.06. The van der Waals surface area contributed by atoms with Crippen molar-refractivity contribution in [2.75, 3.05) is 0 Å². The summed E-state index contributed by atoms with van der Waals surface area (Å²) >= 11 is 0. The lowest BCUT2D eigenvalue weighted by molar-refractivity contribution is 0.142. The lowest BCUT2D eigenvalue weighted by atomic mass is 10.6. The van der Waals surface area contributed by atoms with E-state index in [1.165, 1.54) is 0 Å². The van der Waals surface area contributed by atoms with Gasteiger partial charge in [-0.1, -0.05) is 0 Å². The molecule has 1 rings (SSSR count). The fourth-order valence-electron chi connectivity index (χ4n) is 0.314. The van der Waals surface area contributed by atoms with Crippen LogP contribution in [-0.2, 0) is 13.7 Å². The normalized spacial score (nSPS) is 31.0. The zero-order valence-corrected chi connectivity index (χ0v) is 5.47. The molecule has 0 aromatic rings. The number of hydrogen-bond donors (Lipinski definition) is 1. The summed E-state index contributed by atoms with van der Waals surface area (Å²) in [5.41, 5.74) is 1.66. The zero-order valence-electron chi connectivity index (χ0n) is 4.57.